The Bertz CT molecular complexity index is 1120. The predicted octanol–water partition coefficient (Wildman–Crippen LogP) is 5.26. The molecule has 0 aliphatic carbocycles. The fourth-order valence-electron chi connectivity index (χ4n) is 2.85. The van der Waals surface area contributed by atoms with E-state index in [1.54, 1.807) is 4.68 Å². The van der Waals surface area contributed by atoms with Crippen LogP contribution in [0, 0.1) is 6.92 Å². The number of amides is 1. The number of hydrogen-bond donors (Lipinski definition) is 1. The van der Waals surface area contributed by atoms with Crippen LogP contribution >= 0.6 is 15.9 Å². The number of anilines is 1. The number of aryl methyl sites for hydroxylation is 1. The number of nitrogens with zero attached hydrogens (tertiary/aromatic N) is 3. The van der Waals surface area contributed by atoms with Crippen molar-refractivity contribution in [1.82, 2.24) is 14.8 Å². The molecule has 0 spiro atoms. The zero-order chi connectivity index (χ0) is 19.5. The summed E-state index contributed by atoms with van der Waals surface area (Å²) in [5, 5.41) is 7.35. The van der Waals surface area contributed by atoms with Crippen LogP contribution in [-0.4, -0.2) is 20.7 Å². The highest BCUT2D eigenvalue weighted by Gasteiger charge is 2.19. The van der Waals surface area contributed by atoms with E-state index < -0.39 is 0 Å². The maximum atomic E-state index is 12.8. The van der Waals surface area contributed by atoms with Crippen molar-refractivity contribution in [1.29, 1.82) is 0 Å². The molecule has 28 heavy (non-hydrogen) atoms. The summed E-state index contributed by atoms with van der Waals surface area (Å²) in [6, 6.07) is 25.0. The van der Waals surface area contributed by atoms with Crippen molar-refractivity contribution in [2.75, 3.05) is 5.32 Å². The first-order chi connectivity index (χ1) is 13.6. The summed E-state index contributed by atoms with van der Waals surface area (Å²) in [7, 11) is 0. The zero-order valence-corrected chi connectivity index (χ0v) is 16.7. The van der Waals surface area contributed by atoms with Gasteiger partial charge >= 0.3 is 0 Å². The highest BCUT2D eigenvalue weighted by atomic mass is 79.9. The lowest BCUT2D eigenvalue weighted by Gasteiger charge is -2.05. The minimum absolute atomic E-state index is 0.114. The molecule has 1 N–H and O–H groups in total. The highest BCUT2D eigenvalue weighted by molar-refractivity contribution is 9.10. The number of rotatable bonds is 4. The number of halogens is 1. The summed E-state index contributed by atoms with van der Waals surface area (Å²) in [5.74, 6) is 0.374. The van der Waals surface area contributed by atoms with Gasteiger partial charge in [-0.15, -0.1) is 5.10 Å². The molecule has 0 aliphatic heterocycles. The standard InChI is InChI=1S/C22H17BrN4O/c1-15-6-5-9-18(14-15)24-22(28)20-25-21(16-7-3-2-4-8-16)27(26-20)19-12-10-17(23)11-13-19/h2-14H,1H3,(H,24,28). The van der Waals surface area contributed by atoms with Gasteiger partial charge in [0.15, 0.2) is 5.82 Å². The summed E-state index contributed by atoms with van der Waals surface area (Å²) in [4.78, 5) is 17.3. The molecule has 0 unspecified atom stereocenters. The predicted molar refractivity (Wildman–Crippen MR) is 114 cm³/mol. The summed E-state index contributed by atoms with van der Waals surface area (Å²) < 4.78 is 2.66. The lowest BCUT2D eigenvalue weighted by atomic mass is 10.2. The molecule has 0 bridgehead atoms. The van der Waals surface area contributed by atoms with Crippen LogP contribution in [0.3, 0.4) is 0 Å². The van der Waals surface area contributed by atoms with Crippen LogP contribution in [0.1, 0.15) is 16.2 Å². The average molecular weight is 433 g/mol. The molecule has 0 radical (unpaired) electrons. The minimum Gasteiger partial charge on any atom is -0.319 e. The molecule has 1 heterocycles. The molecule has 6 heteroatoms. The highest BCUT2D eigenvalue weighted by Crippen LogP contribution is 2.23. The molecular formula is C22H17BrN4O. The summed E-state index contributed by atoms with van der Waals surface area (Å²) in [5.41, 5.74) is 3.49. The molecule has 138 valence electrons. The molecule has 0 atom stereocenters. The SMILES string of the molecule is Cc1cccc(NC(=O)c2nc(-c3ccccc3)n(-c3ccc(Br)cc3)n2)c1. The Hall–Kier alpha value is -3.25. The monoisotopic (exact) mass is 432 g/mol. The van der Waals surface area contributed by atoms with E-state index in [1.165, 1.54) is 0 Å². The molecule has 5 nitrogen and oxygen atoms in total. The van der Waals surface area contributed by atoms with Gasteiger partial charge in [0.2, 0.25) is 5.82 Å². The molecular weight excluding hydrogens is 416 g/mol. The molecule has 0 fully saturated rings. The smallest absolute Gasteiger partial charge is 0.295 e. The van der Waals surface area contributed by atoms with E-state index in [2.05, 4.69) is 31.3 Å². The lowest BCUT2D eigenvalue weighted by Crippen LogP contribution is -2.14. The van der Waals surface area contributed by atoms with Crippen LogP contribution in [-0.2, 0) is 0 Å². The van der Waals surface area contributed by atoms with Crippen molar-refractivity contribution in [2.45, 2.75) is 6.92 Å². The second kappa shape index (κ2) is 7.78. The largest absolute Gasteiger partial charge is 0.319 e. The number of nitrogens with one attached hydrogen (secondary N) is 1. The van der Waals surface area contributed by atoms with Crippen LogP contribution in [0.2, 0.25) is 0 Å². The minimum atomic E-state index is -0.348. The van der Waals surface area contributed by atoms with Gasteiger partial charge in [-0.25, -0.2) is 9.67 Å². The zero-order valence-electron chi connectivity index (χ0n) is 15.1. The number of aromatic nitrogens is 3. The Kier molecular flexibility index (Phi) is 5.04. The molecule has 1 amide bonds. The van der Waals surface area contributed by atoms with Crippen LogP contribution < -0.4 is 5.32 Å². The normalized spacial score (nSPS) is 10.6. The van der Waals surface area contributed by atoms with Crippen LogP contribution in [0.5, 0.6) is 0 Å². The first kappa shape index (κ1) is 18.1. The number of benzene rings is 3. The van der Waals surface area contributed by atoms with E-state index >= 15 is 0 Å². The molecule has 1 aromatic heterocycles. The quantitative estimate of drug-likeness (QED) is 0.478. The van der Waals surface area contributed by atoms with Gasteiger partial charge in [-0.2, -0.15) is 0 Å². The summed E-state index contributed by atoms with van der Waals surface area (Å²) in [6.07, 6.45) is 0. The van der Waals surface area contributed by atoms with Gasteiger partial charge < -0.3 is 5.32 Å². The van der Waals surface area contributed by atoms with Crippen LogP contribution in [0.25, 0.3) is 17.1 Å². The maximum absolute atomic E-state index is 12.8. The van der Waals surface area contributed by atoms with Crippen molar-refractivity contribution in [3.63, 3.8) is 0 Å². The van der Waals surface area contributed by atoms with Crippen molar-refractivity contribution in [2.24, 2.45) is 0 Å². The van der Waals surface area contributed by atoms with Crippen molar-refractivity contribution < 1.29 is 4.79 Å². The van der Waals surface area contributed by atoms with Gasteiger partial charge in [0.25, 0.3) is 5.91 Å². The summed E-state index contributed by atoms with van der Waals surface area (Å²) >= 11 is 3.44. The Labute approximate surface area is 171 Å². The lowest BCUT2D eigenvalue weighted by molar-refractivity contribution is 0.101. The Morgan fingerprint density at radius 1 is 0.964 bits per heavy atom. The first-order valence-electron chi connectivity index (χ1n) is 8.76. The van der Waals surface area contributed by atoms with Gasteiger partial charge in [0, 0.05) is 15.7 Å². The molecule has 0 saturated carbocycles. The van der Waals surface area contributed by atoms with E-state index in [1.807, 2.05) is 85.8 Å². The topological polar surface area (TPSA) is 59.8 Å². The molecule has 0 aliphatic rings. The second-order valence-corrected chi connectivity index (χ2v) is 7.25. The second-order valence-electron chi connectivity index (χ2n) is 6.34. The Morgan fingerprint density at radius 2 is 1.71 bits per heavy atom. The van der Waals surface area contributed by atoms with Gasteiger partial charge in [0.1, 0.15) is 0 Å². The maximum Gasteiger partial charge on any atom is 0.295 e. The molecule has 3 aromatic carbocycles. The van der Waals surface area contributed by atoms with Gasteiger partial charge in [-0.05, 0) is 48.9 Å². The van der Waals surface area contributed by atoms with Crippen molar-refractivity contribution in [3.8, 4) is 17.1 Å². The van der Waals surface area contributed by atoms with Gasteiger partial charge in [-0.1, -0.05) is 58.4 Å². The van der Waals surface area contributed by atoms with Gasteiger partial charge in [0.05, 0.1) is 5.69 Å². The third-order valence-electron chi connectivity index (χ3n) is 4.19. The average Bonchev–Trinajstić information content (AvgIpc) is 3.15. The van der Waals surface area contributed by atoms with E-state index in [0.29, 0.717) is 11.5 Å². The van der Waals surface area contributed by atoms with E-state index in [-0.39, 0.29) is 11.7 Å². The fraction of sp³-hybridized carbons (Fsp3) is 0.0455. The van der Waals surface area contributed by atoms with Crippen molar-refractivity contribution >= 4 is 27.5 Å². The number of hydrogen-bond acceptors (Lipinski definition) is 3. The number of carbonyl (C=O) groups excluding carboxylic acids is 1. The summed E-state index contributed by atoms with van der Waals surface area (Å²) in [6.45, 7) is 1.98. The van der Waals surface area contributed by atoms with E-state index in [9.17, 15) is 4.79 Å². The third kappa shape index (κ3) is 3.87. The first-order valence-corrected chi connectivity index (χ1v) is 9.56. The Balaban J connectivity index is 1.74. The third-order valence-corrected chi connectivity index (χ3v) is 4.72. The molecule has 0 saturated heterocycles. The van der Waals surface area contributed by atoms with Crippen LogP contribution in [0.4, 0.5) is 5.69 Å². The van der Waals surface area contributed by atoms with E-state index in [4.69, 9.17) is 0 Å². The number of carbonyl (C=O) groups is 1. The molecule has 4 aromatic rings. The van der Waals surface area contributed by atoms with Crippen molar-refractivity contribution in [3.05, 3.63) is 94.7 Å². The Morgan fingerprint density at radius 3 is 2.43 bits per heavy atom. The molecule has 4 rings (SSSR count). The van der Waals surface area contributed by atoms with E-state index in [0.717, 1.165) is 21.3 Å². The fourth-order valence-corrected chi connectivity index (χ4v) is 3.12. The van der Waals surface area contributed by atoms with Gasteiger partial charge in [-0.3, -0.25) is 4.79 Å². The van der Waals surface area contributed by atoms with Crippen LogP contribution in [0.15, 0.2) is 83.3 Å².